The van der Waals surface area contributed by atoms with Gasteiger partial charge in [-0.2, -0.15) is 0 Å². The Hall–Kier alpha value is -1.17. The molecule has 0 spiro atoms. The Morgan fingerprint density at radius 3 is 2.92 bits per heavy atom. The average molecular weight is 191 g/mol. The second-order valence-corrected chi connectivity index (χ2v) is 2.54. The van der Waals surface area contributed by atoms with Gasteiger partial charge in [0.05, 0.1) is 0 Å². The van der Waals surface area contributed by atoms with E-state index in [0.717, 1.165) is 0 Å². The summed E-state index contributed by atoms with van der Waals surface area (Å²) in [5.41, 5.74) is 5.98. The Morgan fingerprint density at radius 2 is 2.38 bits per heavy atom. The molecule has 0 amide bonds. The fourth-order valence-electron chi connectivity index (χ4n) is 0.921. The van der Waals surface area contributed by atoms with E-state index in [4.69, 9.17) is 10.5 Å². The van der Waals surface area contributed by atoms with Crippen molar-refractivity contribution in [3.8, 4) is 5.88 Å². The van der Waals surface area contributed by atoms with Gasteiger partial charge in [0, 0.05) is 25.4 Å². The molecule has 0 aromatic carbocycles. The number of ether oxygens (including phenoxy) is 1. The molecule has 13 heavy (non-hydrogen) atoms. The molecule has 0 saturated heterocycles. The molecule has 0 aliphatic carbocycles. The van der Waals surface area contributed by atoms with Crippen LogP contribution >= 0.6 is 0 Å². The zero-order valence-corrected chi connectivity index (χ0v) is 7.20. The first-order valence-corrected chi connectivity index (χ1v) is 3.77. The highest BCUT2D eigenvalue weighted by Crippen LogP contribution is 2.14. The van der Waals surface area contributed by atoms with Crippen LogP contribution in [-0.2, 0) is 13.6 Å². The summed E-state index contributed by atoms with van der Waals surface area (Å²) in [7, 11) is 1.67. The zero-order valence-electron chi connectivity index (χ0n) is 7.20. The normalized spacial score (nSPS) is 10.8. The summed E-state index contributed by atoms with van der Waals surface area (Å²) in [5, 5.41) is 3.83. The monoisotopic (exact) mass is 191 g/mol. The van der Waals surface area contributed by atoms with Gasteiger partial charge in [-0.05, 0) is 0 Å². The van der Waals surface area contributed by atoms with Crippen molar-refractivity contribution in [2.24, 2.45) is 12.8 Å². The van der Waals surface area contributed by atoms with Gasteiger partial charge in [-0.15, -0.1) is 5.10 Å². The molecule has 1 aromatic heterocycles. The number of aromatic nitrogens is 2. The van der Waals surface area contributed by atoms with Gasteiger partial charge in [0.15, 0.2) is 6.61 Å². The molecule has 2 N–H and O–H groups in total. The molecular formula is C7H11F2N3O. The lowest BCUT2D eigenvalue weighted by Crippen LogP contribution is -2.09. The van der Waals surface area contributed by atoms with Crippen molar-refractivity contribution in [2.45, 2.75) is 13.0 Å². The van der Waals surface area contributed by atoms with Crippen LogP contribution in [0.1, 0.15) is 5.56 Å². The average Bonchev–Trinajstić information content (AvgIpc) is 2.42. The molecule has 1 aromatic rings. The van der Waals surface area contributed by atoms with Crippen LogP contribution in [0.5, 0.6) is 5.88 Å². The molecule has 0 aliphatic rings. The summed E-state index contributed by atoms with van der Waals surface area (Å²) < 4.78 is 29.8. The number of halogens is 2. The van der Waals surface area contributed by atoms with E-state index in [9.17, 15) is 8.78 Å². The van der Waals surface area contributed by atoms with Gasteiger partial charge in [-0.25, -0.2) is 8.78 Å². The number of hydrogen-bond acceptors (Lipinski definition) is 3. The van der Waals surface area contributed by atoms with E-state index in [1.54, 1.807) is 13.2 Å². The van der Waals surface area contributed by atoms with E-state index in [2.05, 4.69) is 5.10 Å². The van der Waals surface area contributed by atoms with Crippen molar-refractivity contribution >= 4 is 0 Å². The Labute approximate surface area is 74.3 Å². The predicted molar refractivity (Wildman–Crippen MR) is 42.6 cm³/mol. The molecule has 6 heteroatoms. The molecule has 0 aliphatic heterocycles. The molecule has 1 rings (SSSR count). The predicted octanol–water partition coefficient (Wildman–Crippen LogP) is 0.523. The van der Waals surface area contributed by atoms with Crippen molar-refractivity contribution in [1.29, 1.82) is 0 Å². The van der Waals surface area contributed by atoms with Crippen LogP contribution in [0, 0.1) is 0 Å². The third kappa shape index (κ3) is 2.66. The number of aryl methyl sites for hydroxylation is 1. The van der Waals surface area contributed by atoms with Crippen molar-refractivity contribution in [2.75, 3.05) is 6.61 Å². The first-order valence-electron chi connectivity index (χ1n) is 3.77. The maximum atomic E-state index is 11.8. The van der Waals surface area contributed by atoms with E-state index in [-0.39, 0.29) is 12.4 Å². The van der Waals surface area contributed by atoms with Crippen LogP contribution in [0.4, 0.5) is 8.78 Å². The topological polar surface area (TPSA) is 53.1 Å². The van der Waals surface area contributed by atoms with E-state index < -0.39 is 13.0 Å². The van der Waals surface area contributed by atoms with Gasteiger partial charge in [0.1, 0.15) is 0 Å². The fraction of sp³-hybridized carbons (Fsp3) is 0.571. The zero-order chi connectivity index (χ0) is 9.84. The summed E-state index contributed by atoms with van der Waals surface area (Å²) in [6, 6.07) is 0. The second-order valence-electron chi connectivity index (χ2n) is 2.54. The Kier molecular flexibility index (Phi) is 3.18. The van der Waals surface area contributed by atoms with Gasteiger partial charge in [-0.3, -0.25) is 4.68 Å². The van der Waals surface area contributed by atoms with Crippen LogP contribution in [0.15, 0.2) is 6.20 Å². The lowest BCUT2D eigenvalue weighted by molar-refractivity contribution is 0.0788. The lowest BCUT2D eigenvalue weighted by atomic mass is 10.3. The number of nitrogens with zero attached hydrogens (tertiary/aromatic N) is 2. The Morgan fingerprint density at radius 1 is 1.69 bits per heavy atom. The molecule has 0 radical (unpaired) electrons. The molecule has 0 unspecified atom stereocenters. The second kappa shape index (κ2) is 4.18. The minimum Gasteiger partial charge on any atom is -0.470 e. The highest BCUT2D eigenvalue weighted by atomic mass is 19.3. The van der Waals surface area contributed by atoms with Crippen LogP contribution in [0.2, 0.25) is 0 Å². The fourth-order valence-corrected chi connectivity index (χ4v) is 0.921. The van der Waals surface area contributed by atoms with E-state index >= 15 is 0 Å². The molecule has 1 heterocycles. The van der Waals surface area contributed by atoms with Crippen LogP contribution in [-0.4, -0.2) is 22.8 Å². The largest absolute Gasteiger partial charge is 0.470 e. The first-order chi connectivity index (χ1) is 6.13. The summed E-state index contributed by atoms with van der Waals surface area (Å²) in [5.74, 6) is 0.185. The summed E-state index contributed by atoms with van der Waals surface area (Å²) in [4.78, 5) is 0. The van der Waals surface area contributed by atoms with Crippen LogP contribution < -0.4 is 10.5 Å². The van der Waals surface area contributed by atoms with Crippen molar-refractivity contribution < 1.29 is 13.5 Å². The van der Waals surface area contributed by atoms with Crippen LogP contribution in [0.25, 0.3) is 0 Å². The summed E-state index contributed by atoms with van der Waals surface area (Å²) in [6.07, 6.45) is -0.853. The highest BCUT2D eigenvalue weighted by molar-refractivity contribution is 5.22. The van der Waals surface area contributed by atoms with Crippen molar-refractivity contribution in [1.82, 2.24) is 9.78 Å². The number of hydrogen-bond donors (Lipinski definition) is 1. The van der Waals surface area contributed by atoms with Crippen molar-refractivity contribution in [3.63, 3.8) is 0 Å². The van der Waals surface area contributed by atoms with Gasteiger partial charge in [0.25, 0.3) is 6.43 Å². The molecule has 0 bridgehead atoms. The molecular weight excluding hydrogens is 180 g/mol. The quantitative estimate of drug-likeness (QED) is 0.755. The highest BCUT2D eigenvalue weighted by Gasteiger charge is 2.10. The minimum atomic E-state index is -2.49. The minimum absolute atomic E-state index is 0.185. The van der Waals surface area contributed by atoms with Gasteiger partial charge < -0.3 is 10.5 Å². The molecule has 0 fully saturated rings. The number of alkyl halides is 2. The maximum Gasteiger partial charge on any atom is 0.272 e. The first kappa shape index (κ1) is 9.91. The van der Waals surface area contributed by atoms with Crippen molar-refractivity contribution in [3.05, 3.63) is 11.8 Å². The maximum absolute atomic E-state index is 11.8. The van der Waals surface area contributed by atoms with Crippen LogP contribution in [0.3, 0.4) is 0 Å². The van der Waals surface area contributed by atoms with Gasteiger partial charge >= 0.3 is 0 Å². The standard InChI is InChI=1S/C7H11F2N3O/c1-12-3-5(2-10)7(11-12)13-4-6(8)9/h3,6H,2,4,10H2,1H3. The third-order valence-corrected chi connectivity index (χ3v) is 1.43. The third-order valence-electron chi connectivity index (χ3n) is 1.43. The molecule has 0 saturated carbocycles. The van der Waals surface area contributed by atoms with Gasteiger partial charge in [0.2, 0.25) is 5.88 Å². The SMILES string of the molecule is Cn1cc(CN)c(OCC(F)F)n1. The molecule has 4 nitrogen and oxygen atoms in total. The van der Waals surface area contributed by atoms with Gasteiger partial charge in [-0.1, -0.05) is 0 Å². The lowest BCUT2D eigenvalue weighted by Gasteiger charge is -2.02. The number of rotatable bonds is 4. The van der Waals surface area contributed by atoms with E-state index in [0.29, 0.717) is 5.56 Å². The molecule has 0 atom stereocenters. The van der Waals surface area contributed by atoms with E-state index in [1.807, 2.05) is 0 Å². The molecule has 74 valence electrons. The smallest absolute Gasteiger partial charge is 0.272 e. The van der Waals surface area contributed by atoms with E-state index in [1.165, 1.54) is 4.68 Å². The summed E-state index contributed by atoms with van der Waals surface area (Å²) in [6.45, 7) is -0.420. The Bertz CT molecular complexity index is 275. The Balaban J connectivity index is 2.64. The summed E-state index contributed by atoms with van der Waals surface area (Å²) >= 11 is 0. The number of nitrogens with two attached hydrogens (primary N) is 1.